The fraction of sp³-hybridized carbons (Fsp3) is 0.654. The first-order chi connectivity index (χ1) is 16.9. The Morgan fingerprint density at radius 2 is 1.83 bits per heavy atom. The van der Waals surface area contributed by atoms with Crippen molar-refractivity contribution in [2.75, 3.05) is 44.1 Å². The predicted octanol–water partition coefficient (Wildman–Crippen LogP) is 4.77. The van der Waals surface area contributed by atoms with E-state index in [1.165, 1.54) is 0 Å². The van der Waals surface area contributed by atoms with E-state index in [0.717, 1.165) is 87.8 Å². The van der Waals surface area contributed by atoms with Crippen molar-refractivity contribution in [1.82, 2.24) is 20.3 Å². The highest BCUT2D eigenvalue weighted by atomic mass is 35.5. The van der Waals surface area contributed by atoms with Crippen LogP contribution in [0.4, 0.5) is 11.6 Å². The molecule has 1 aliphatic heterocycles. The van der Waals surface area contributed by atoms with Crippen LogP contribution in [-0.2, 0) is 9.47 Å². The van der Waals surface area contributed by atoms with Gasteiger partial charge in [0.25, 0.3) is 0 Å². The first-order valence-corrected chi connectivity index (χ1v) is 13.1. The van der Waals surface area contributed by atoms with Gasteiger partial charge in [0.15, 0.2) is 0 Å². The molecule has 0 radical (unpaired) electrons. The van der Waals surface area contributed by atoms with Crippen LogP contribution < -0.4 is 16.0 Å². The van der Waals surface area contributed by atoms with Crippen LogP contribution in [0.5, 0.6) is 0 Å². The van der Waals surface area contributed by atoms with Gasteiger partial charge >= 0.3 is 0 Å². The third-order valence-corrected chi connectivity index (χ3v) is 7.51. The molecule has 192 valence electrons. The van der Waals surface area contributed by atoms with E-state index in [2.05, 4.69) is 44.7 Å². The van der Waals surface area contributed by atoms with Crippen molar-refractivity contribution in [3.63, 3.8) is 0 Å². The zero-order valence-corrected chi connectivity index (χ0v) is 21.9. The summed E-state index contributed by atoms with van der Waals surface area (Å²) in [7, 11) is 1.75. The normalized spacial score (nSPS) is 23.0. The Morgan fingerprint density at radius 3 is 2.57 bits per heavy atom. The maximum Gasteiger partial charge on any atom is 0.129 e. The van der Waals surface area contributed by atoms with E-state index in [-0.39, 0.29) is 5.41 Å². The van der Waals surface area contributed by atoms with Crippen LogP contribution in [0.2, 0.25) is 5.02 Å². The molecule has 2 aromatic heterocycles. The van der Waals surface area contributed by atoms with Crippen LogP contribution in [0.25, 0.3) is 11.3 Å². The Balaban J connectivity index is 1.36. The lowest BCUT2D eigenvalue weighted by atomic mass is 9.82. The average Bonchev–Trinajstić information content (AvgIpc) is 2.86. The molecule has 3 N–H and O–H groups in total. The molecule has 1 saturated heterocycles. The van der Waals surface area contributed by atoms with Gasteiger partial charge in [-0.3, -0.25) is 0 Å². The van der Waals surface area contributed by atoms with Gasteiger partial charge in [0, 0.05) is 62.8 Å². The van der Waals surface area contributed by atoms with E-state index in [9.17, 15) is 0 Å². The number of pyridine rings is 1. The first kappa shape index (κ1) is 26.1. The van der Waals surface area contributed by atoms with Crippen molar-refractivity contribution in [3.05, 3.63) is 29.7 Å². The predicted molar refractivity (Wildman–Crippen MR) is 141 cm³/mol. The highest BCUT2D eigenvalue weighted by Crippen LogP contribution is 2.32. The first-order valence-electron chi connectivity index (χ1n) is 12.8. The molecule has 0 bridgehead atoms. The summed E-state index contributed by atoms with van der Waals surface area (Å²) in [5, 5.41) is 11.4. The molecule has 35 heavy (non-hydrogen) atoms. The topological polar surface area (TPSA) is 93.2 Å². The maximum atomic E-state index is 6.54. The minimum absolute atomic E-state index is 0.213. The Morgan fingerprint density at radius 1 is 1.09 bits per heavy atom. The number of nitrogens with one attached hydrogen (secondary N) is 3. The lowest BCUT2D eigenvalue weighted by Gasteiger charge is -2.33. The molecule has 0 aromatic carbocycles. The van der Waals surface area contributed by atoms with Crippen LogP contribution in [0.1, 0.15) is 52.4 Å². The van der Waals surface area contributed by atoms with Gasteiger partial charge in [-0.25, -0.2) is 15.0 Å². The SMILES string of the molecule is COCC(C)NC1CCC(Nc2cc(-c3cc(NCC4(C)CCOCC4)ncn3)c(Cl)cn2)CC1. The number of ether oxygens (including phenoxy) is 2. The van der Waals surface area contributed by atoms with E-state index < -0.39 is 0 Å². The summed E-state index contributed by atoms with van der Waals surface area (Å²) in [5.41, 5.74) is 1.86. The largest absolute Gasteiger partial charge is 0.383 e. The standard InChI is InChI=1S/C26H39ClN6O2/c1-18(15-34-3)32-19-4-6-20(7-5-19)33-25-12-21(22(27)14-28-25)23-13-24(31-17-30-23)29-16-26(2)8-10-35-11-9-26/h12-14,17-20,32H,4-11,15-16H2,1-3H3,(H,28,33)(H,29,30,31). The number of rotatable bonds is 10. The highest BCUT2D eigenvalue weighted by molar-refractivity contribution is 6.33. The Bertz CT molecular complexity index is 947. The Labute approximate surface area is 214 Å². The van der Waals surface area contributed by atoms with Crippen LogP contribution in [0.3, 0.4) is 0 Å². The Kier molecular flexibility index (Phi) is 9.16. The number of halogens is 1. The van der Waals surface area contributed by atoms with Gasteiger partial charge in [0.2, 0.25) is 0 Å². The van der Waals surface area contributed by atoms with Crippen LogP contribution in [0.15, 0.2) is 24.7 Å². The summed E-state index contributed by atoms with van der Waals surface area (Å²) < 4.78 is 10.8. The van der Waals surface area contributed by atoms with Gasteiger partial charge in [0.05, 0.1) is 17.3 Å². The molecule has 1 atom stereocenters. The van der Waals surface area contributed by atoms with Crippen molar-refractivity contribution in [2.45, 2.75) is 70.5 Å². The van der Waals surface area contributed by atoms with E-state index in [4.69, 9.17) is 21.1 Å². The maximum absolute atomic E-state index is 6.54. The van der Waals surface area contributed by atoms with Crippen molar-refractivity contribution in [2.24, 2.45) is 5.41 Å². The number of methoxy groups -OCH3 is 1. The number of aromatic nitrogens is 3. The summed E-state index contributed by atoms with van der Waals surface area (Å²) in [4.78, 5) is 13.5. The average molecular weight is 503 g/mol. The van der Waals surface area contributed by atoms with Crippen molar-refractivity contribution < 1.29 is 9.47 Å². The molecule has 2 aromatic rings. The third kappa shape index (κ3) is 7.49. The summed E-state index contributed by atoms with van der Waals surface area (Å²) >= 11 is 6.54. The molecule has 0 spiro atoms. The molecule has 2 aliphatic rings. The van der Waals surface area contributed by atoms with E-state index in [1.807, 2.05) is 12.1 Å². The lowest BCUT2D eigenvalue weighted by Crippen LogP contribution is -2.42. The van der Waals surface area contributed by atoms with Gasteiger partial charge in [0.1, 0.15) is 18.0 Å². The molecule has 2 fully saturated rings. The molecule has 4 rings (SSSR count). The molecule has 1 saturated carbocycles. The third-order valence-electron chi connectivity index (χ3n) is 7.21. The second-order valence-corrected chi connectivity index (χ2v) is 10.7. The van der Waals surface area contributed by atoms with Gasteiger partial charge < -0.3 is 25.4 Å². The molecular weight excluding hydrogens is 464 g/mol. The van der Waals surface area contributed by atoms with Crippen LogP contribution in [-0.4, -0.2) is 66.6 Å². The second kappa shape index (κ2) is 12.3. The number of anilines is 2. The molecule has 3 heterocycles. The van der Waals surface area contributed by atoms with Crippen molar-refractivity contribution in [1.29, 1.82) is 0 Å². The van der Waals surface area contributed by atoms with E-state index in [1.54, 1.807) is 19.6 Å². The second-order valence-electron chi connectivity index (χ2n) is 10.3. The zero-order chi connectivity index (χ0) is 24.7. The lowest BCUT2D eigenvalue weighted by molar-refractivity contribution is 0.0300. The summed E-state index contributed by atoms with van der Waals surface area (Å²) in [6.07, 6.45) is 9.87. The summed E-state index contributed by atoms with van der Waals surface area (Å²) in [6.45, 7) is 7.70. The molecule has 1 aliphatic carbocycles. The number of hydrogen-bond acceptors (Lipinski definition) is 8. The minimum Gasteiger partial charge on any atom is -0.383 e. The molecular formula is C26H39ClN6O2. The van der Waals surface area contributed by atoms with Gasteiger partial charge in [-0.1, -0.05) is 18.5 Å². The quantitative estimate of drug-likeness (QED) is 0.428. The van der Waals surface area contributed by atoms with Crippen molar-refractivity contribution in [3.8, 4) is 11.3 Å². The van der Waals surface area contributed by atoms with Gasteiger partial charge in [-0.2, -0.15) is 0 Å². The highest BCUT2D eigenvalue weighted by Gasteiger charge is 2.27. The fourth-order valence-electron chi connectivity index (χ4n) is 4.97. The molecule has 8 nitrogen and oxygen atoms in total. The summed E-state index contributed by atoms with van der Waals surface area (Å²) in [5.74, 6) is 1.63. The minimum atomic E-state index is 0.213. The zero-order valence-electron chi connectivity index (χ0n) is 21.1. The van der Waals surface area contributed by atoms with E-state index >= 15 is 0 Å². The van der Waals surface area contributed by atoms with Gasteiger partial charge in [-0.15, -0.1) is 0 Å². The fourth-order valence-corrected chi connectivity index (χ4v) is 5.17. The van der Waals surface area contributed by atoms with Crippen molar-refractivity contribution >= 4 is 23.2 Å². The molecule has 1 unspecified atom stereocenters. The Hall–Kier alpha value is -2.00. The van der Waals surface area contributed by atoms with Crippen LogP contribution in [0, 0.1) is 5.41 Å². The van der Waals surface area contributed by atoms with Gasteiger partial charge in [-0.05, 0) is 56.9 Å². The number of nitrogens with zero attached hydrogens (tertiary/aromatic N) is 3. The smallest absolute Gasteiger partial charge is 0.129 e. The molecule has 9 heteroatoms. The number of hydrogen-bond donors (Lipinski definition) is 3. The monoisotopic (exact) mass is 502 g/mol. The van der Waals surface area contributed by atoms with E-state index in [0.29, 0.717) is 23.1 Å². The summed E-state index contributed by atoms with van der Waals surface area (Å²) in [6, 6.07) is 5.28. The van der Waals surface area contributed by atoms with Crippen LogP contribution >= 0.6 is 11.6 Å². The molecule has 0 amide bonds.